The summed E-state index contributed by atoms with van der Waals surface area (Å²) < 4.78 is 31.0. The number of rotatable bonds is 7. The van der Waals surface area contributed by atoms with E-state index in [1.807, 2.05) is 42.2 Å². The third-order valence-electron chi connectivity index (χ3n) is 5.39. The average molecular weight is 486 g/mol. The molecule has 3 aromatic rings. The zero-order valence-electron chi connectivity index (χ0n) is 18.9. The van der Waals surface area contributed by atoms with Gasteiger partial charge in [-0.15, -0.1) is 0 Å². The van der Waals surface area contributed by atoms with Crippen molar-refractivity contribution in [1.82, 2.24) is 14.9 Å². The number of aryl methyl sites for hydroxylation is 1. The molecule has 1 aliphatic rings. The van der Waals surface area contributed by atoms with Gasteiger partial charge in [-0.25, -0.2) is 4.98 Å². The molecule has 0 atom stereocenters. The van der Waals surface area contributed by atoms with Crippen LogP contribution in [0.15, 0.2) is 59.5 Å². The molecule has 1 aliphatic heterocycles. The van der Waals surface area contributed by atoms with Crippen LogP contribution in [0.4, 0.5) is 26.2 Å². The Morgan fingerprint density at radius 3 is 2.44 bits per heavy atom. The first kappa shape index (κ1) is 23.7. The van der Waals surface area contributed by atoms with E-state index < -0.39 is 5.76 Å². The number of halogens is 2. The van der Waals surface area contributed by atoms with Crippen LogP contribution in [0, 0.1) is 6.92 Å². The van der Waals surface area contributed by atoms with Gasteiger partial charge in [-0.3, -0.25) is 4.79 Å². The van der Waals surface area contributed by atoms with Crippen molar-refractivity contribution in [3.05, 3.63) is 65.9 Å². The highest BCUT2D eigenvalue weighted by atomic mass is 32.2. The Labute approximate surface area is 201 Å². The van der Waals surface area contributed by atoms with Crippen LogP contribution in [0.25, 0.3) is 0 Å². The maximum atomic E-state index is 13.0. The fourth-order valence-corrected chi connectivity index (χ4v) is 4.33. The number of carbonyl (C=O) groups is 1. The molecule has 1 saturated heterocycles. The zero-order chi connectivity index (χ0) is 24.1. The number of amides is 1. The van der Waals surface area contributed by atoms with Crippen LogP contribution in [-0.4, -0.2) is 59.8 Å². The van der Waals surface area contributed by atoms with Gasteiger partial charge in [0.15, 0.2) is 0 Å². The first-order valence-corrected chi connectivity index (χ1v) is 11.7. The number of methoxy groups -OCH3 is 1. The maximum absolute atomic E-state index is 13.0. The number of carbonyl (C=O) groups excluding carboxylic acids is 1. The highest BCUT2D eigenvalue weighted by Gasteiger charge is 2.26. The van der Waals surface area contributed by atoms with Gasteiger partial charge in [0.25, 0.3) is 11.7 Å². The van der Waals surface area contributed by atoms with Gasteiger partial charge in [-0.2, -0.15) is 13.8 Å². The van der Waals surface area contributed by atoms with Crippen LogP contribution in [-0.2, 0) is 0 Å². The molecule has 4 rings (SSSR count). The summed E-state index contributed by atoms with van der Waals surface area (Å²) in [6.07, 6.45) is 0. The van der Waals surface area contributed by atoms with Crippen molar-refractivity contribution in [3.8, 4) is 5.75 Å². The topological polar surface area (TPSA) is 70.6 Å². The minimum atomic E-state index is -2.58. The second-order valence-electron chi connectivity index (χ2n) is 7.70. The number of aromatic nitrogens is 2. The summed E-state index contributed by atoms with van der Waals surface area (Å²) in [5.41, 5.74) is 2.00. The van der Waals surface area contributed by atoms with E-state index in [9.17, 15) is 13.6 Å². The van der Waals surface area contributed by atoms with Gasteiger partial charge in [-0.05, 0) is 43.3 Å². The quantitative estimate of drug-likeness (QED) is 0.482. The van der Waals surface area contributed by atoms with E-state index in [0.717, 1.165) is 17.1 Å². The van der Waals surface area contributed by atoms with Crippen LogP contribution < -0.4 is 15.0 Å². The largest absolute Gasteiger partial charge is 0.497 e. The van der Waals surface area contributed by atoms with Crippen LogP contribution in [0.5, 0.6) is 5.75 Å². The van der Waals surface area contributed by atoms with Gasteiger partial charge in [0.2, 0.25) is 5.95 Å². The van der Waals surface area contributed by atoms with E-state index in [-0.39, 0.29) is 5.91 Å². The van der Waals surface area contributed by atoms with Gasteiger partial charge < -0.3 is 19.9 Å². The van der Waals surface area contributed by atoms with Crippen LogP contribution >= 0.6 is 11.8 Å². The van der Waals surface area contributed by atoms with E-state index in [1.54, 1.807) is 36.3 Å². The Hall–Kier alpha value is -3.40. The van der Waals surface area contributed by atoms with Crippen LogP contribution in [0.2, 0.25) is 0 Å². The molecular weight excluding hydrogens is 460 g/mol. The lowest BCUT2D eigenvalue weighted by Gasteiger charge is -2.35. The molecule has 0 saturated carbocycles. The fourth-order valence-electron chi connectivity index (χ4n) is 3.70. The number of nitrogens with one attached hydrogen (secondary N) is 1. The summed E-state index contributed by atoms with van der Waals surface area (Å²) in [5, 5.41) is 3.28. The van der Waals surface area contributed by atoms with Crippen LogP contribution in [0.3, 0.4) is 0 Å². The van der Waals surface area contributed by atoms with Gasteiger partial charge in [0.05, 0.1) is 12.7 Å². The smallest absolute Gasteiger partial charge is 0.288 e. The molecular formula is C24H25F2N5O2S. The molecule has 34 heavy (non-hydrogen) atoms. The van der Waals surface area contributed by atoms with E-state index in [4.69, 9.17) is 4.74 Å². The number of thioether (sulfide) groups is 1. The lowest BCUT2D eigenvalue weighted by atomic mass is 10.2. The molecule has 1 aromatic heterocycles. The second-order valence-corrected chi connectivity index (χ2v) is 8.73. The van der Waals surface area contributed by atoms with Crippen molar-refractivity contribution in [3.63, 3.8) is 0 Å². The molecule has 0 unspecified atom stereocenters. The van der Waals surface area contributed by atoms with Gasteiger partial charge in [-0.1, -0.05) is 23.9 Å². The minimum Gasteiger partial charge on any atom is -0.497 e. The SMILES string of the molecule is COc1ccc(Nc2cc(C)nc(N3CCN(C(=O)c4ccccc4SC(F)F)CC3)n2)cc1. The van der Waals surface area contributed by atoms with E-state index in [0.29, 0.717) is 60.2 Å². The summed E-state index contributed by atoms with van der Waals surface area (Å²) >= 11 is 0.395. The Morgan fingerprint density at radius 2 is 1.76 bits per heavy atom. The summed E-state index contributed by atoms with van der Waals surface area (Å²) in [6.45, 7) is 3.89. The molecule has 10 heteroatoms. The number of hydrogen-bond donors (Lipinski definition) is 1. The van der Waals surface area contributed by atoms with Crippen molar-refractivity contribution in [2.75, 3.05) is 43.5 Å². The van der Waals surface area contributed by atoms with Crippen LogP contribution in [0.1, 0.15) is 16.1 Å². The van der Waals surface area contributed by atoms with Crippen molar-refractivity contribution < 1.29 is 18.3 Å². The molecule has 0 spiro atoms. The van der Waals surface area contributed by atoms with Crippen molar-refractivity contribution in [2.45, 2.75) is 17.6 Å². The molecule has 7 nitrogen and oxygen atoms in total. The summed E-state index contributed by atoms with van der Waals surface area (Å²) in [4.78, 5) is 26.2. The highest BCUT2D eigenvalue weighted by Crippen LogP contribution is 2.29. The average Bonchev–Trinajstić information content (AvgIpc) is 2.84. The molecule has 0 bridgehead atoms. The van der Waals surface area contributed by atoms with Gasteiger partial charge in [0, 0.05) is 48.5 Å². The van der Waals surface area contributed by atoms with E-state index in [2.05, 4.69) is 15.3 Å². The lowest BCUT2D eigenvalue weighted by molar-refractivity contribution is 0.0742. The summed E-state index contributed by atoms with van der Waals surface area (Å²) in [6, 6.07) is 15.9. The molecule has 1 fully saturated rings. The van der Waals surface area contributed by atoms with E-state index in [1.165, 1.54) is 0 Å². The third kappa shape index (κ3) is 5.74. The molecule has 178 valence electrons. The monoisotopic (exact) mass is 485 g/mol. The maximum Gasteiger partial charge on any atom is 0.288 e. The highest BCUT2D eigenvalue weighted by molar-refractivity contribution is 7.99. The summed E-state index contributed by atoms with van der Waals surface area (Å²) in [5.74, 6) is -0.797. The minimum absolute atomic E-state index is 0.240. The standard InChI is InChI=1S/C24H25F2N5O2S/c1-16-15-21(28-17-7-9-18(33-2)10-8-17)29-24(27-16)31-13-11-30(12-14-31)22(32)19-5-3-4-6-20(19)34-23(25)26/h3-10,15,23H,11-14H2,1-2H3,(H,27,28,29). The Balaban J connectivity index is 1.42. The Bertz CT molecular complexity index is 1140. The molecule has 1 amide bonds. The number of alkyl halides is 2. The lowest BCUT2D eigenvalue weighted by Crippen LogP contribution is -2.49. The Morgan fingerprint density at radius 1 is 1.06 bits per heavy atom. The third-order valence-corrected chi connectivity index (χ3v) is 6.18. The van der Waals surface area contributed by atoms with Crippen molar-refractivity contribution >= 4 is 35.1 Å². The predicted molar refractivity (Wildman–Crippen MR) is 129 cm³/mol. The Kier molecular flexibility index (Phi) is 7.46. The molecule has 2 heterocycles. The molecule has 1 N–H and O–H groups in total. The number of piperazine rings is 1. The number of benzene rings is 2. The first-order chi connectivity index (χ1) is 16.4. The number of anilines is 3. The van der Waals surface area contributed by atoms with Gasteiger partial charge in [0.1, 0.15) is 11.6 Å². The first-order valence-electron chi connectivity index (χ1n) is 10.8. The van der Waals surface area contributed by atoms with Gasteiger partial charge >= 0.3 is 0 Å². The number of hydrogen-bond acceptors (Lipinski definition) is 7. The predicted octanol–water partition coefficient (Wildman–Crippen LogP) is 4.81. The normalized spacial score (nSPS) is 13.8. The van der Waals surface area contributed by atoms with Crippen molar-refractivity contribution in [1.29, 1.82) is 0 Å². The number of nitrogens with zero attached hydrogens (tertiary/aromatic N) is 4. The fraction of sp³-hybridized carbons (Fsp3) is 0.292. The van der Waals surface area contributed by atoms with Crippen molar-refractivity contribution in [2.24, 2.45) is 0 Å². The second kappa shape index (κ2) is 10.7. The molecule has 0 radical (unpaired) electrons. The zero-order valence-corrected chi connectivity index (χ0v) is 19.7. The molecule has 0 aliphatic carbocycles. The summed E-state index contributed by atoms with van der Waals surface area (Å²) in [7, 11) is 1.62. The van der Waals surface area contributed by atoms with E-state index >= 15 is 0 Å². The number of ether oxygens (including phenoxy) is 1. The molecule has 2 aromatic carbocycles.